The van der Waals surface area contributed by atoms with E-state index in [-0.39, 0.29) is 11.8 Å². The summed E-state index contributed by atoms with van der Waals surface area (Å²) in [6.45, 7) is 2.39. The number of nitrogens with one attached hydrogen (secondary N) is 1. The number of anilines is 1. The summed E-state index contributed by atoms with van der Waals surface area (Å²) in [5.41, 5.74) is 2.85. The van der Waals surface area contributed by atoms with Crippen LogP contribution in [0.5, 0.6) is 5.75 Å². The predicted octanol–water partition coefficient (Wildman–Crippen LogP) is 3.87. The van der Waals surface area contributed by atoms with Crippen molar-refractivity contribution < 1.29 is 9.53 Å². The van der Waals surface area contributed by atoms with E-state index in [1.54, 1.807) is 0 Å². The van der Waals surface area contributed by atoms with Crippen molar-refractivity contribution in [1.82, 2.24) is 0 Å². The lowest BCUT2D eigenvalue weighted by atomic mass is 10.0. The van der Waals surface area contributed by atoms with Gasteiger partial charge >= 0.3 is 0 Å². The van der Waals surface area contributed by atoms with Gasteiger partial charge in [0.15, 0.2) is 0 Å². The van der Waals surface area contributed by atoms with Gasteiger partial charge in [-0.1, -0.05) is 24.3 Å². The van der Waals surface area contributed by atoms with Crippen LogP contribution in [0.15, 0.2) is 46.9 Å². The van der Waals surface area contributed by atoms with E-state index in [2.05, 4.69) is 21.2 Å². The van der Waals surface area contributed by atoms with Crippen molar-refractivity contribution in [3.05, 3.63) is 58.1 Å². The highest BCUT2D eigenvalue weighted by atomic mass is 79.9. The minimum atomic E-state index is -0.251. The third-order valence-electron chi connectivity index (χ3n) is 3.40. The predicted molar refractivity (Wildman–Crippen MR) is 82.2 cm³/mol. The second-order valence-corrected chi connectivity index (χ2v) is 5.73. The Morgan fingerprint density at radius 2 is 2.10 bits per heavy atom. The van der Waals surface area contributed by atoms with E-state index < -0.39 is 0 Å². The molecule has 0 saturated carbocycles. The molecule has 102 valence electrons. The molecule has 1 heterocycles. The Morgan fingerprint density at radius 1 is 1.30 bits per heavy atom. The van der Waals surface area contributed by atoms with E-state index in [0.717, 1.165) is 27.0 Å². The van der Waals surface area contributed by atoms with Gasteiger partial charge in [-0.25, -0.2) is 0 Å². The van der Waals surface area contributed by atoms with Gasteiger partial charge in [-0.05, 0) is 46.6 Å². The van der Waals surface area contributed by atoms with E-state index in [1.165, 1.54) is 0 Å². The van der Waals surface area contributed by atoms with Crippen molar-refractivity contribution in [2.75, 3.05) is 11.9 Å². The zero-order valence-electron chi connectivity index (χ0n) is 11.0. The van der Waals surface area contributed by atoms with Crippen molar-refractivity contribution in [2.24, 2.45) is 0 Å². The summed E-state index contributed by atoms with van der Waals surface area (Å²) in [5.74, 6) is 0.510. The SMILES string of the molecule is Cc1ccc(Br)c(NC(=O)C2COc3ccccc32)c1. The second-order valence-electron chi connectivity index (χ2n) is 4.87. The third-order valence-corrected chi connectivity index (χ3v) is 4.09. The number of aryl methyl sites for hydroxylation is 1. The summed E-state index contributed by atoms with van der Waals surface area (Å²) in [7, 11) is 0. The van der Waals surface area contributed by atoms with E-state index in [9.17, 15) is 4.79 Å². The lowest BCUT2D eigenvalue weighted by Crippen LogP contribution is -2.22. The average molecular weight is 332 g/mol. The van der Waals surface area contributed by atoms with Crippen molar-refractivity contribution in [1.29, 1.82) is 0 Å². The minimum absolute atomic E-state index is 0.0405. The molecule has 0 aliphatic carbocycles. The van der Waals surface area contributed by atoms with Crippen LogP contribution in [-0.4, -0.2) is 12.5 Å². The maximum Gasteiger partial charge on any atom is 0.235 e. The van der Waals surface area contributed by atoms with Gasteiger partial charge in [0.25, 0.3) is 0 Å². The second kappa shape index (κ2) is 5.29. The monoisotopic (exact) mass is 331 g/mol. The van der Waals surface area contributed by atoms with Gasteiger partial charge < -0.3 is 10.1 Å². The fourth-order valence-corrected chi connectivity index (χ4v) is 2.68. The fourth-order valence-electron chi connectivity index (χ4n) is 2.33. The van der Waals surface area contributed by atoms with E-state index in [4.69, 9.17) is 4.74 Å². The normalized spacial score (nSPS) is 16.4. The molecular weight excluding hydrogens is 318 g/mol. The van der Waals surface area contributed by atoms with Gasteiger partial charge in [0.2, 0.25) is 5.91 Å². The number of amides is 1. The van der Waals surface area contributed by atoms with Gasteiger partial charge in [-0.15, -0.1) is 0 Å². The maximum atomic E-state index is 12.4. The first-order valence-corrected chi connectivity index (χ1v) is 7.23. The number of benzene rings is 2. The molecule has 1 aliphatic heterocycles. The molecule has 1 amide bonds. The van der Waals surface area contributed by atoms with Crippen LogP contribution in [0.25, 0.3) is 0 Å². The molecule has 0 spiro atoms. The lowest BCUT2D eigenvalue weighted by molar-refractivity contribution is -0.117. The van der Waals surface area contributed by atoms with Crippen LogP contribution in [0.1, 0.15) is 17.0 Å². The van der Waals surface area contributed by atoms with Gasteiger partial charge in [0, 0.05) is 10.0 Å². The number of hydrogen-bond acceptors (Lipinski definition) is 2. The Balaban J connectivity index is 1.83. The smallest absolute Gasteiger partial charge is 0.235 e. The number of para-hydroxylation sites is 1. The molecule has 3 nitrogen and oxygen atoms in total. The number of hydrogen-bond donors (Lipinski definition) is 1. The number of ether oxygens (including phenoxy) is 1. The quantitative estimate of drug-likeness (QED) is 0.907. The Labute approximate surface area is 126 Å². The average Bonchev–Trinajstić information content (AvgIpc) is 2.87. The Morgan fingerprint density at radius 3 is 2.95 bits per heavy atom. The molecule has 4 heteroatoms. The first-order valence-electron chi connectivity index (χ1n) is 6.44. The molecule has 0 fully saturated rings. The molecular formula is C16H14BrNO2. The fraction of sp³-hybridized carbons (Fsp3) is 0.188. The molecule has 0 aromatic heterocycles. The highest BCUT2D eigenvalue weighted by Gasteiger charge is 2.30. The summed E-state index contributed by atoms with van der Waals surface area (Å²) in [6, 6.07) is 13.6. The van der Waals surface area contributed by atoms with Crippen molar-refractivity contribution in [3.8, 4) is 5.75 Å². The van der Waals surface area contributed by atoms with Crippen molar-refractivity contribution >= 4 is 27.5 Å². The summed E-state index contributed by atoms with van der Waals surface area (Å²) >= 11 is 3.45. The van der Waals surface area contributed by atoms with Gasteiger partial charge in [-0.2, -0.15) is 0 Å². The first kappa shape index (κ1) is 13.2. The Bertz CT molecular complexity index is 669. The minimum Gasteiger partial charge on any atom is -0.492 e. The third kappa shape index (κ3) is 2.43. The number of carbonyl (C=O) groups is 1. The van der Waals surface area contributed by atoms with Crippen LogP contribution in [0.3, 0.4) is 0 Å². The number of carbonyl (C=O) groups excluding carboxylic acids is 1. The molecule has 1 N–H and O–H groups in total. The molecule has 20 heavy (non-hydrogen) atoms. The van der Waals surface area contributed by atoms with Crippen LogP contribution in [0.4, 0.5) is 5.69 Å². The maximum absolute atomic E-state index is 12.4. The molecule has 1 aliphatic rings. The Hall–Kier alpha value is -1.81. The summed E-state index contributed by atoms with van der Waals surface area (Å²) in [6.07, 6.45) is 0. The molecule has 1 unspecified atom stereocenters. The zero-order valence-corrected chi connectivity index (χ0v) is 12.6. The molecule has 0 radical (unpaired) electrons. The van der Waals surface area contributed by atoms with E-state index in [1.807, 2.05) is 49.4 Å². The van der Waals surface area contributed by atoms with E-state index in [0.29, 0.717) is 6.61 Å². The topological polar surface area (TPSA) is 38.3 Å². The zero-order chi connectivity index (χ0) is 14.1. The highest BCUT2D eigenvalue weighted by molar-refractivity contribution is 9.10. The number of fused-ring (bicyclic) bond motifs is 1. The molecule has 0 saturated heterocycles. The lowest BCUT2D eigenvalue weighted by Gasteiger charge is -2.12. The van der Waals surface area contributed by atoms with Crippen LogP contribution < -0.4 is 10.1 Å². The summed E-state index contributed by atoms with van der Waals surface area (Å²) in [4.78, 5) is 12.4. The highest BCUT2D eigenvalue weighted by Crippen LogP contribution is 2.34. The number of halogens is 1. The Kier molecular flexibility index (Phi) is 3.49. The van der Waals surface area contributed by atoms with Gasteiger partial charge in [-0.3, -0.25) is 4.79 Å². The van der Waals surface area contributed by atoms with E-state index >= 15 is 0 Å². The van der Waals surface area contributed by atoms with Crippen molar-refractivity contribution in [3.63, 3.8) is 0 Å². The van der Waals surface area contributed by atoms with Crippen LogP contribution >= 0.6 is 15.9 Å². The van der Waals surface area contributed by atoms with Gasteiger partial charge in [0.05, 0.1) is 5.69 Å². The molecule has 2 aromatic carbocycles. The molecule has 2 aromatic rings. The number of rotatable bonds is 2. The van der Waals surface area contributed by atoms with Crippen LogP contribution in [-0.2, 0) is 4.79 Å². The first-order chi connectivity index (χ1) is 9.65. The van der Waals surface area contributed by atoms with Crippen molar-refractivity contribution in [2.45, 2.75) is 12.8 Å². The summed E-state index contributed by atoms with van der Waals surface area (Å²) < 4.78 is 6.43. The van der Waals surface area contributed by atoms with Crippen LogP contribution in [0, 0.1) is 6.92 Å². The van der Waals surface area contributed by atoms with Gasteiger partial charge in [0.1, 0.15) is 18.3 Å². The molecule has 0 bridgehead atoms. The molecule has 1 atom stereocenters. The molecule has 3 rings (SSSR count). The van der Waals surface area contributed by atoms with Crippen LogP contribution in [0.2, 0.25) is 0 Å². The summed E-state index contributed by atoms with van der Waals surface area (Å²) in [5, 5.41) is 2.97. The largest absolute Gasteiger partial charge is 0.492 e. The standard InChI is InChI=1S/C16H14BrNO2/c1-10-6-7-13(17)14(8-10)18-16(19)12-9-20-15-5-3-2-4-11(12)15/h2-8,12H,9H2,1H3,(H,18,19).